The molecule has 14 heavy (non-hydrogen) atoms. The Morgan fingerprint density at radius 3 is 2.36 bits per heavy atom. The Morgan fingerprint density at radius 1 is 1.29 bits per heavy atom. The minimum Gasteiger partial charge on any atom is -0.323 e. The Balaban J connectivity index is 0.00000169. The van der Waals surface area contributed by atoms with Crippen LogP contribution in [0.3, 0.4) is 0 Å². The molecule has 0 aromatic carbocycles. The van der Waals surface area contributed by atoms with Gasteiger partial charge in [-0.15, -0.1) is 23.7 Å². The summed E-state index contributed by atoms with van der Waals surface area (Å²) >= 11 is 1.82. The summed E-state index contributed by atoms with van der Waals surface area (Å²) < 4.78 is 0. The minimum atomic E-state index is 0. The molecule has 1 heterocycles. The van der Waals surface area contributed by atoms with E-state index in [1.807, 2.05) is 11.3 Å². The summed E-state index contributed by atoms with van der Waals surface area (Å²) in [6.45, 7) is 6.61. The van der Waals surface area contributed by atoms with Gasteiger partial charge in [0.1, 0.15) is 0 Å². The van der Waals surface area contributed by atoms with Crippen molar-refractivity contribution in [3.63, 3.8) is 0 Å². The smallest absolute Gasteiger partial charge is 0.0389 e. The van der Waals surface area contributed by atoms with Gasteiger partial charge < -0.3 is 5.73 Å². The van der Waals surface area contributed by atoms with Gasteiger partial charge in [-0.25, -0.2) is 0 Å². The number of nitrogens with two attached hydrogens (primary N) is 1. The molecule has 0 aliphatic carbocycles. The molecule has 1 nitrogen and oxygen atoms in total. The molecule has 0 saturated carbocycles. The van der Waals surface area contributed by atoms with E-state index in [4.69, 9.17) is 5.73 Å². The van der Waals surface area contributed by atoms with E-state index in [1.54, 1.807) is 0 Å². The van der Waals surface area contributed by atoms with Crippen molar-refractivity contribution in [1.82, 2.24) is 0 Å². The Kier molecular flexibility index (Phi) is 6.41. The number of thiophene rings is 1. The lowest BCUT2D eigenvalue weighted by Crippen LogP contribution is -2.09. The molecule has 1 rings (SSSR count). The van der Waals surface area contributed by atoms with E-state index < -0.39 is 0 Å². The molecule has 0 spiro atoms. The van der Waals surface area contributed by atoms with Gasteiger partial charge in [0.15, 0.2) is 0 Å². The zero-order chi connectivity index (χ0) is 9.84. The number of aryl methyl sites for hydroxylation is 1. The van der Waals surface area contributed by atoms with Gasteiger partial charge in [0, 0.05) is 15.8 Å². The van der Waals surface area contributed by atoms with Crippen molar-refractivity contribution in [2.75, 3.05) is 0 Å². The van der Waals surface area contributed by atoms with Gasteiger partial charge in [0.2, 0.25) is 0 Å². The third kappa shape index (κ3) is 4.45. The maximum atomic E-state index is 6.07. The summed E-state index contributed by atoms with van der Waals surface area (Å²) in [5, 5.41) is 0. The van der Waals surface area contributed by atoms with Crippen LogP contribution in [0.4, 0.5) is 0 Å². The molecule has 0 radical (unpaired) electrons. The van der Waals surface area contributed by atoms with Gasteiger partial charge in [-0.3, -0.25) is 0 Å². The molecule has 1 aromatic rings. The van der Waals surface area contributed by atoms with Crippen LogP contribution in [0.25, 0.3) is 0 Å². The molecule has 1 unspecified atom stereocenters. The van der Waals surface area contributed by atoms with Crippen LogP contribution in [0.15, 0.2) is 12.1 Å². The normalized spacial score (nSPS) is 12.6. The average molecular weight is 234 g/mol. The maximum absolute atomic E-state index is 6.07. The summed E-state index contributed by atoms with van der Waals surface area (Å²) in [5.74, 6) is 0.757. The molecule has 0 aliphatic rings. The van der Waals surface area contributed by atoms with Crippen molar-refractivity contribution in [3.05, 3.63) is 21.9 Å². The van der Waals surface area contributed by atoms with Crippen LogP contribution in [-0.4, -0.2) is 0 Å². The number of hydrogen-bond acceptors (Lipinski definition) is 2. The summed E-state index contributed by atoms with van der Waals surface area (Å²) in [6, 6.07) is 4.56. The quantitative estimate of drug-likeness (QED) is 0.839. The highest BCUT2D eigenvalue weighted by atomic mass is 35.5. The molecule has 0 aliphatic heterocycles. The highest BCUT2D eigenvalue weighted by molar-refractivity contribution is 7.12. The number of halogens is 1. The lowest BCUT2D eigenvalue weighted by atomic mass is 10.0. The zero-order valence-corrected chi connectivity index (χ0v) is 10.8. The number of hydrogen-bond donors (Lipinski definition) is 1. The third-order valence-electron chi connectivity index (χ3n) is 2.18. The Bertz CT molecular complexity index is 258. The molecule has 0 amide bonds. The van der Waals surface area contributed by atoms with Crippen molar-refractivity contribution in [2.45, 2.75) is 39.7 Å². The predicted molar refractivity (Wildman–Crippen MR) is 67.3 cm³/mol. The standard InChI is InChI=1S/C11H19NS.ClH/c1-8(2)4-6-10(12)11-7-5-9(3)13-11;/h5,7-8,10H,4,6,12H2,1-3H3;1H. The Labute approximate surface area is 97.1 Å². The first kappa shape index (κ1) is 13.9. The van der Waals surface area contributed by atoms with Crippen LogP contribution in [0.1, 0.15) is 42.5 Å². The molecule has 82 valence electrons. The monoisotopic (exact) mass is 233 g/mol. The lowest BCUT2D eigenvalue weighted by Gasteiger charge is -2.10. The van der Waals surface area contributed by atoms with E-state index in [1.165, 1.54) is 16.2 Å². The topological polar surface area (TPSA) is 26.0 Å². The molecular weight excluding hydrogens is 214 g/mol. The van der Waals surface area contributed by atoms with E-state index in [0.29, 0.717) is 0 Å². The largest absolute Gasteiger partial charge is 0.323 e. The maximum Gasteiger partial charge on any atom is 0.0389 e. The van der Waals surface area contributed by atoms with Gasteiger partial charge in [-0.05, 0) is 37.8 Å². The lowest BCUT2D eigenvalue weighted by molar-refractivity contribution is 0.510. The highest BCUT2D eigenvalue weighted by Crippen LogP contribution is 2.25. The van der Waals surface area contributed by atoms with Gasteiger partial charge in [-0.2, -0.15) is 0 Å². The van der Waals surface area contributed by atoms with Crippen LogP contribution >= 0.6 is 23.7 Å². The first-order valence-electron chi connectivity index (χ1n) is 4.91. The zero-order valence-electron chi connectivity index (χ0n) is 9.12. The second-order valence-electron chi connectivity index (χ2n) is 4.03. The molecule has 0 fully saturated rings. The van der Waals surface area contributed by atoms with E-state index in [9.17, 15) is 0 Å². The Hall–Kier alpha value is -0.0500. The van der Waals surface area contributed by atoms with E-state index in [0.717, 1.165) is 12.3 Å². The van der Waals surface area contributed by atoms with Crippen molar-refractivity contribution in [2.24, 2.45) is 11.7 Å². The average Bonchev–Trinajstić information content (AvgIpc) is 2.47. The van der Waals surface area contributed by atoms with Crippen LogP contribution < -0.4 is 5.73 Å². The van der Waals surface area contributed by atoms with Gasteiger partial charge in [0.25, 0.3) is 0 Å². The van der Waals surface area contributed by atoms with Crippen molar-refractivity contribution < 1.29 is 0 Å². The van der Waals surface area contributed by atoms with Crippen molar-refractivity contribution >= 4 is 23.7 Å². The van der Waals surface area contributed by atoms with E-state index in [2.05, 4.69) is 32.9 Å². The van der Waals surface area contributed by atoms with E-state index in [-0.39, 0.29) is 18.4 Å². The minimum absolute atomic E-state index is 0. The fraction of sp³-hybridized carbons (Fsp3) is 0.636. The second-order valence-corrected chi connectivity index (χ2v) is 5.35. The summed E-state index contributed by atoms with van der Waals surface area (Å²) in [7, 11) is 0. The van der Waals surface area contributed by atoms with Crippen LogP contribution in [0, 0.1) is 12.8 Å². The van der Waals surface area contributed by atoms with Gasteiger partial charge in [0.05, 0.1) is 0 Å². The highest BCUT2D eigenvalue weighted by Gasteiger charge is 2.08. The third-order valence-corrected chi connectivity index (χ3v) is 3.31. The van der Waals surface area contributed by atoms with E-state index >= 15 is 0 Å². The fourth-order valence-electron chi connectivity index (χ4n) is 1.31. The molecular formula is C11H20ClNS. The summed E-state index contributed by atoms with van der Waals surface area (Å²) in [6.07, 6.45) is 2.33. The van der Waals surface area contributed by atoms with Gasteiger partial charge in [-0.1, -0.05) is 13.8 Å². The van der Waals surface area contributed by atoms with Crippen LogP contribution in [0.2, 0.25) is 0 Å². The second kappa shape index (κ2) is 6.44. The van der Waals surface area contributed by atoms with Crippen LogP contribution in [0.5, 0.6) is 0 Å². The molecule has 3 heteroatoms. The predicted octanol–water partition coefficient (Wildman–Crippen LogP) is 3.91. The van der Waals surface area contributed by atoms with Crippen molar-refractivity contribution in [3.8, 4) is 0 Å². The van der Waals surface area contributed by atoms with Crippen LogP contribution in [-0.2, 0) is 0 Å². The summed E-state index contributed by atoms with van der Waals surface area (Å²) in [4.78, 5) is 2.69. The first-order valence-corrected chi connectivity index (χ1v) is 5.73. The molecule has 2 N–H and O–H groups in total. The molecule has 1 aromatic heterocycles. The van der Waals surface area contributed by atoms with Crippen molar-refractivity contribution in [1.29, 1.82) is 0 Å². The molecule has 1 atom stereocenters. The summed E-state index contributed by atoms with van der Waals surface area (Å²) in [5.41, 5.74) is 6.07. The fourth-order valence-corrected chi connectivity index (χ4v) is 2.22. The first-order chi connectivity index (χ1) is 6.09. The number of rotatable bonds is 4. The molecule has 0 saturated heterocycles. The molecule has 0 bridgehead atoms. The SMILES string of the molecule is Cc1ccc(C(N)CCC(C)C)s1.Cl. The Morgan fingerprint density at radius 2 is 1.93 bits per heavy atom. The van der Waals surface area contributed by atoms with Gasteiger partial charge >= 0.3 is 0 Å².